The van der Waals surface area contributed by atoms with Crippen LogP contribution in [0.25, 0.3) is 0 Å². The van der Waals surface area contributed by atoms with Gasteiger partial charge in [-0.05, 0) is 44.5 Å². The van der Waals surface area contributed by atoms with E-state index < -0.39 is 0 Å². The third-order valence-electron chi connectivity index (χ3n) is 3.66. The van der Waals surface area contributed by atoms with Crippen molar-refractivity contribution in [3.63, 3.8) is 0 Å². The van der Waals surface area contributed by atoms with Gasteiger partial charge in [-0.15, -0.1) is 24.0 Å². The zero-order valence-corrected chi connectivity index (χ0v) is 14.6. The predicted octanol–water partition coefficient (Wildman–Crippen LogP) is 2.68. The molecule has 112 valence electrons. The van der Waals surface area contributed by atoms with Gasteiger partial charge >= 0.3 is 0 Å². The zero-order chi connectivity index (χ0) is 13.7. The number of nitrogens with two attached hydrogens (primary N) is 1. The number of hydrogen-bond acceptors (Lipinski definition) is 2. The molecule has 0 aromatic heterocycles. The van der Waals surface area contributed by atoms with Crippen LogP contribution in [0.5, 0.6) is 0 Å². The molecule has 20 heavy (non-hydrogen) atoms. The molecule has 1 heterocycles. The maximum absolute atomic E-state index is 5.91. The molecule has 3 N–H and O–H groups in total. The van der Waals surface area contributed by atoms with Crippen molar-refractivity contribution in [3.05, 3.63) is 29.8 Å². The standard InChI is InChI=1S/C15H24N4.HI/c1-3-19-9-8-13(11-19)10-17-15(16)18-14-6-4-12(2)5-7-14;/h4-7,13H,3,8-11H2,1-2H3,(H3,16,17,18);1H. The third-order valence-corrected chi connectivity index (χ3v) is 3.66. The highest BCUT2D eigenvalue weighted by Gasteiger charge is 2.20. The van der Waals surface area contributed by atoms with Crippen molar-refractivity contribution < 1.29 is 0 Å². The number of anilines is 1. The maximum atomic E-state index is 5.91. The van der Waals surface area contributed by atoms with E-state index in [-0.39, 0.29) is 24.0 Å². The number of guanidine groups is 1. The van der Waals surface area contributed by atoms with Gasteiger partial charge in [0.05, 0.1) is 0 Å². The van der Waals surface area contributed by atoms with Crippen molar-refractivity contribution in [3.8, 4) is 0 Å². The summed E-state index contributed by atoms with van der Waals surface area (Å²) in [5, 5.41) is 3.13. The van der Waals surface area contributed by atoms with Crippen LogP contribution in [0.2, 0.25) is 0 Å². The van der Waals surface area contributed by atoms with Gasteiger partial charge in [-0.2, -0.15) is 0 Å². The Morgan fingerprint density at radius 3 is 2.70 bits per heavy atom. The Morgan fingerprint density at radius 1 is 1.40 bits per heavy atom. The van der Waals surface area contributed by atoms with E-state index >= 15 is 0 Å². The van der Waals surface area contributed by atoms with Crippen molar-refractivity contribution in [1.29, 1.82) is 0 Å². The van der Waals surface area contributed by atoms with Crippen LogP contribution in [0, 0.1) is 12.8 Å². The fraction of sp³-hybridized carbons (Fsp3) is 0.533. The van der Waals surface area contributed by atoms with E-state index in [4.69, 9.17) is 5.73 Å². The van der Waals surface area contributed by atoms with Crippen LogP contribution in [0.3, 0.4) is 0 Å². The first-order valence-corrected chi connectivity index (χ1v) is 7.03. The van der Waals surface area contributed by atoms with Crippen LogP contribution >= 0.6 is 24.0 Å². The lowest BCUT2D eigenvalue weighted by Crippen LogP contribution is -2.25. The van der Waals surface area contributed by atoms with E-state index in [1.165, 1.54) is 18.5 Å². The molecule has 1 aliphatic heterocycles. The fourth-order valence-electron chi connectivity index (χ4n) is 2.40. The van der Waals surface area contributed by atoms with Gasteiger partial charge in [0.2, 0.25) is 0 Å². The molecular weight excluding hydrogens is 363 g/mol. The molecule has 0 spiro atoms. The van der Waals surface area contributed by atoms with Gasteiger partial charge in [0.1, 0.15) is 0 Å². The molecular formula is C15H25IN4. The fourth-order valence-corrected chi connectivity index (χ4v) is 2.40. The van der Waals surface area contributed by atoms with Crippen molar-refractivity contribution in [1.82, 2.24) is 4.90 Å². The highest BCUT2D eigenvalue weighted by atomic mass is 127. The van der Waals surface area contributed by atoms with E-state index in [9.17, 15) is 0 Å². The summed E-state index contributed by atoms with van der Waals surface area (Å²) in [7, 11) is 0. The number of hydrogen-bond donors (Lipinski definition) is 2. The molecule has 2 rings (SSSR count). The van der Waals surface area contributed by atoms with Crippen molar-refractivity contribution in [2.75, 3.05) is 31.5 Å². The topological polar surface area (TPSA) is 53.6 Å². The Balaban J connectivity index is 0.00000200. The Bertz CT molecular complexity index is 430. The smallest absolute Gasteiger partial charge is 0.193 e. The second-order valence-electron chi connectivity index (χ2n) is 5.26. The van der Waals surface area contributed by atoms with Crippen LogP contribution in [0.15, 0.2) is 29.3 Å². The first-order chi connectivity index (χ1) is 9.17. The molecule has 1 aromatic carbocycles. The quantitative estimate of drug-likeness (QED) is 0.474. The van der Waals surface area contributed by atoms with Crippen molar-refractivity contribution in [2.24, 2.45) is 16.6 Å². The Morgan fingerprint density at radius 2 is 2.10 bits per heavy atom. The molecule has 1 unspecified atom stereocenters. The second kappa shape index (κ2) is 8.46. The molecule has 0 aliphatic carbocycles. The van der Waals surface area contributed by atoms with Crippen LogP contribution < -0.4 is 11.1 Å². The first-order valence-electron chi connectivity index (χ1n) is 7.03. The number of halogens is 1. The molecule has 0 radical (unpaired) electrons. The van der Waals surface area contributed by atoms with Crippen LogP contribution in [0.4, 0.5) is 5.69 Å². The van der Waals surface area contributed by atoms with Gasteiger partial charge in [-0.25, -0.2) is 0 Å². The summed E-state index contributed by atoms with van der Waals surface area (Å²) in [5.41, 5.74) is 8.15. The SMILES string of the molecule is CCN1CCC(CN=C(N)Nc2ccc(C)cc2)C1.I. The molecule has 0 saturated carbocycles. The largest absolute Gasteiger partial charge is 0.370 e. The molecule has 5 heteroatoms. The van der Waals surface area contributed by atoms with Crippen LogP contribution in [-0.4, -0.2) is 37.0 Å². The minimum absolute atomic E-state index is 0. The summed E-state index contributed by atoms with van der Waals surface area (Å²) in [5.74, 6) is 1.16. The number of benzene rings is 1. The Kier molecular flexibility index (Phi) is 7.29. The molecule has 1 saturated heterocycles. The van der Waals surface area contributed by atoms with Gasteiger partial charge in [-0.1, -0.05) is 24.6 Å². The maximum Gasteiger partial charge on any atom is 0.193 e. The van der Waals surface area contributed by atoms with E-state index in [1.807, 2.05) is 12.1 Å². The van der Waals surface area contributed by atoms with E-state index in [2.05, 4.69) is 41.2 Å². The summed E-state index contributed by atoms with van der Waals surface area (Å²) in [4.78, 5) is 6.91. The normalized spacial score (nSPS) is 19.7. The molecule has 0 amide bonds. The average molecular weight is 388 g/mol. The highest BCUT2D eigenvalue weighted by Crippen LogP contribution is 2.15. The second-order valence-corrected chi connectivity index (χ2v) is 5.26. The third kappa shape index (κ3) is 5.28. The lowest BCUT2D eigenvalue weighted by molar-refractivity contribution is 0.344. The minimum atomic E-state index is 0. The van der Waals surface area contributed by atoms with Gasteiger partial charge in [0, 0.05) is 18.8 Å². The lowest BCUT2D eigenvalue weighted by atomic mass is 10.1. The molecule has 0 bridgehead atoms. The van der Waals surface area contributed by atoms with Crippen LogP contribution in [-0.2, 0) is 0 Å². The van der Waals surface area contributed by atoms with Gasteiger partial charge < -0.3 is 16.0 Å². The summed E-state index contributed by atoms with van der Waals surface area (Å²) in [6.07, 6.45) is 1.23. The van der Waals surface area contributed by atoms with Crippen molar-refractivity contribution >= 4 is 35.6 Å². The number of aliphatic imine (C=N–C) groups is 1. The van der Waals surface area contributed by atoms with Gasteiger partial charge in [-0.3, -0.25) is 4.99 Å². The molecule has 1 fully saturated rings. The average Bonchev–Trinajstić information content (AvgIpc) is 2.87. The summed E-state index contributed by atoms with van der Waals surface area (Å²) >= 11 is 0. The number of nitrogens with zero attached hydrogens (tertiary/aromatic N) is 2. The minimum Gasteiger partial charge on any atom is -0.370 e. The Labute approximate surface area is 138 Å². The van der Waals surface area contributed by atoms with Crippen molar-refractivity contribution in [2.45, 2.75) is 20.3 Å². The number of nitrogens with one attached hydrogen (secondary N) is 1. The number of aryl methyl sites for hydroxylation is 1. The number of rotatable bonds is 4. The number of likely N-dealkylation sites (tertiary alicyclic amines) is 1. The van der Waals surface area contributed by atoms with Crippen LogP contribution in [0.1, 0.15) is 18.9 Å². The van der Waals surface area contributed by atoms with E-state index in [0.717, 1.165) is 25.3 Å². The molecule has 4 nitrogen and oxygen atoms in total. The first kappa shape index (κ1) is 17.2. The van der Waals surface area contributed by atoms with Gasteiger partial charge in [0.25, 0.3) is 0 Å². The Hall–Kier alpha value is -0.820. The molecule has 1 aromatic rings. The van der Waals surface area contributed by atoms with Gasteiger partial charge in [0.15, 0.2) is 5.96 Å². The van der Waals surface area contributed by atoms with E-state index in [1.54, 1.807) is 0 Å². The van der Waals surface area contributed by atoms with E-state index in [0.29, 0.717) is 11.9 Å². The summed E-state index contributed by atoms with van der Waals surface area (Å²) < 4.78 is 0. The highest BCUT2D eigenvalue weighted by molar-refractivity contribution is 14.0. The monoisotopic (exact) mass is 388 g/mol. The predicted molar refractivity (Wildman–Crippen MR) is 96.9 cm³/mol. The summed E-state index contributed by atoms with van der Waals surface area (Å²) in [6, 6.07) is 8.16. The zero-order valence-electron chi connectivity index (χ0n) is 12.3. The lowest BCUT2D eigenvalue weighted by Gasteiger charge is -2.12. The molecule has 1 atom stereocenters. The molecule has 1 aliphatic rings. The summed E-state index contributed by atoms with van der Waals surface area (Å²) in [6.45, 7) is 8.58.